The van der Waals surface area contributed by atoms with Gasteiger partial charge in [0.15, 0.2) is 0 Å². The molecule has 0 saturated heterocycles. The molecule has 0 unspecified atom stereocenters. The van der Waals surface area contributed by atoms with E-state index in [0.717, 1.165) is 24.3 Å². The van der Waals surface area contributed by atoms with Crippen LogP contribution in [0.4, 0.5) is 0 Å². The van der Waals surface area contributed by atoms with E-state index in [-0.39, 0.29) is 0 Å². The fourth-order valence-corrected chi connectivity index (χ4v) is 9.16. The van der Waals surface area contributed by atoms with Gasteiger partial charge in [0, 0.05) is 0 Å². The summed E-state index contributed by atoms with van der Waals surface area (Å²) in [4.78, 5) is 0. The van der Waals surface area contributed by atoms with Crippen LogP contribution in [-0.4, -0.2) is 22.0 Å². The molecule has 0 aliphatic carbocycles. The van der Waals surface area contributed by atoms with Gasteiger partial charge in [-0.2, -0.15) is 0 Å². The molecule has 0 heterocycles. The van der Waals surface area contributed by atoms with Crippen molar-refractivity contribution in [2.45, 2.75) is 233 Å². The summed E-state index contributed by atoms with van der Waals surface area (Å²) in [6, 6.07) is 14.2. The van der Waals surface area contributed by atoms with Crippen LogP contribution in [0.5, 0.6) is 11.5 Å². The molecular weight excluding hydrogens is 727 g/mol. The summed E-state index contributed by atoms with van der Waals surface area (Å²) >= 11 is -1.53. The van der Waals surface area contributed by atoms with Crippen LogP contribution >= 0.6 is 0 Å². The maximum atomic E-state index is 6.62. The van der Waals surface area contributed by atoms with Crippen molar-refractivity contribution in [1.82, 2.24) is 0 Å². The van der Waals surface area contributed by atoms with Crippen molar-refractivity contribution in [3.63, 3.8) is 0 Å². The summed E-state index contributed by atoms with van der Waals surface area (Å²) in [6.45, 7) is 9.21. The van der Waals surface area contributed by atoms with E-state index < -0.39 is 22.0 Å². The molecule has 0 fully saturated rings. The molecule has 0 saturated carbocycles. The van der Waals surface area contributed by atoms with E-state index in [1.54, 1.807) is 0 Å². The van der Waals surface area contributed by atoms with Crippen molar-refractivity contribution in [3.05, 3.63) is 58.7 Å². The molecule has 3 heteroatoms. The monoisotopic (exact) mass is 811 g/mol. The topological polar surface area (TPSA) is 18.5 Å². The average molecular weight is 810 g/mol. The van der Waals surface area contributed by atoms with Crippen molar-refractivity contribution >= 4 is 22.0 Å². The molecule has 0 aromatic heterocycles. The van der Waals surface area contributed by atoms with Gasteiger partial charge in [0.25, 0.3) is 0 Å². The minimum atomic E-state index is -1.53. The molecule has 0 bridgehead atoms. The van der Waals surface area contributed by atoms with Gasteiger partial charge in [-0.15, -0.1) is 0 Å². The van der Waals surface area contributed by atoms with Crippen molar-refractivity contribution in [2.24, 2.45) is 0 Å². The molecule has 2 radical (unpaired) electrons. The quantitative estimate of drug-likeness (QED) is 0.0504. The SMILES string of the molecule is CCCCCCCCCc1ccc([O][Sn][O]c2ccc(CCCCCCCCC)cc2CCCCCCCCC)c(CCCCCCCCC)c1. The van der Waals surface area contributed by atoms with Crippen LogP contribution in [0.25, 0.3) is 0 Å². The third-order valence-corrected chi connectivity index (χ3v) is 12.5. The van der Waals surface area contributed by atoms with E-state index in [1.807, 2.05) is 0 Å². The Kier molecular flexibility index (Phi) is 30.1. The number of hydrogen-bond donors (Lipinski definition) is 0. The molecule has 290 valence electrons. The Morgan fingerprint density at radius 1 is 0.333 bits per heavy atom. The maximum absolute atomic E-state index is 6.62. The van der Waals surface area contributed by atoms with Crippen LogP contribution in [0.15, 0.2) is 36.4 Å². The van der Waals surface area contributed by atoms with Crippen molar-refractivity contribution in [1.29, 1.82) is 0 Å². The Hall–Kier alpha value is -1.16. The standard InChI is InChI=1S/2C24H42O.Sn/c2*1-3-5-7-9-11-13-15-17-22-19-20-24(25)23(21-22)18-16-14-12-10-8-6-4-2;/h2*19-21,25H,3-18H2,1-2H3;/q;;+2/p-2. The third-order valence-electron chi connectivity index (χ3n) is 10.8. The normalized spacial score (nSPS) is 11.4. The van der Waals surface area contributed by atoms with E-state index >= 15 is 0 Å². The van der Waals surface area contributed by atoms with Gasteiger partial charge >= 0.3 is 305 Å². The first-order chi connectivity index (χ1) is 25.2. The predicted molar refractivity (Wildman–Crippen MR) is 227 cm³/mol. The molecule has 0 spiro atoms. The summed E-state index contributed by atoms with van der Waals surface area (Å²) in [6.07, 6.45) is 42.7. The van der Waals surface area contributed by atoms with Crippen LogP contribution < -0.4 is 6.15 Å². The average Bonchev–Trinajstić information content (AvgIpc) is 3.14. The molecular formula is C48H82O2Sn. The second kappa shape index (κ2) is 33.4. The van der Waals surface area contributed by atoms with Crippen LogP contribution in [0, 0.1) is 0 Å². The Morgan fingerprint density at radius 3 is 0.922 bits per heavy atom. The van der Waals surface area contributed by atoms with Crippen molar-refractivity contribution in [2.75, 3.05) is 0 Å². The summed E-state index contributed by atoms with van der Waals surface area (Å²) in [7, 11) is 0. The summed E-state index contributed by atoms with van der Waals surface area (Å²) in [5.74, 6) is 2.19. The number of unbranched alkanes of at least 4 members (excludes halogenated alkanes) is 24. The zero-order chi connectivity index (χ0) is 36.5. The Labute approximate surface area is 329 Å². The third kappa shape index (κ3) is 24.0. The van der Waals surface area contributed by atoms with Crippen molar-refractivity contribution < 1.29 is 6.15 Å². The van der Waals surface area contributed by atoms with Crippen LogP contribution in [0.1, 0.15) is 230 Å². The minimum absolute atomic E-state index is 1.10. The van der Waals surface area contributed by atoms with Gasteiger partial charge in [-0.25, -0.2) is 0 Å². The van der Waals surface area contributed by atoms with E-state index in [4.69, 9.17) is 6.15 Å². The van der Waals surface area contributed by atoms with E-state index in [9.17, 15) is 0 Å². The van der Waals surface area contributed by atoms with Gasteiger partial charge < -0.3 is 0 Å². The Morgan fingerprint density at radius 2 is 0.608 bits per heavy atom. The number of hydrogen-bond acceptors (Lipinski definition) is 2. The van der Waals surface area contributed by atoms with E-state index in [2.05, 4.69) is 64.1 Å². The molecule has 2 rings (SSSR count). The Balaban J connectivity index is 1.99. The van der Waals surface area contributed by atoms with Gasteiger partial charge in [0.2, 0.25) is 0 Å². The number of aryl methyl sites for hydroxylation is 4. The van der Waals surface area contributed by atoms with Crippen LogP contribution in [0.3, 0.4) is 0 Å². The summed E-state index contributed by atoms with van der Waals surface area (Å²) in [5, 5.41) is 0. The molecule has 0 aliphatic heterocycles. The second-order valence-corrected chi connectivity index (χ2v) is 17.3. The van der Waals surface area contributed by atoms with E-state index in [0.29, 0.717) is 0 Å². The van der Waals surface area contributed by atoms with Gasteiger partial charge in [-0.05, 0) is 0 Å². The molecule has 0 atom stereocenters. The Bertz CT molecular complexity index is 982. The molecule has 0 amide bonds. The summed E-state index contributed by atoms with van der Waals surface area (Å²) in [5.41, 5.74) is 5.83. The molecule has 51 heavy (non-hydrogen) atoms. The van der Waals surface area contributed by atoms with Gasteiger partial charge in [0.05, 0.1) is 0 Å². The molecule has 2 nitrogen and oxygen atoms in total. The first kappa shape index (κ1) is 46.0. The fraction of sp³-hybridized carbons (Fsp3) is 0.750. The number of benzene rings is 2. The molecule has 2 aromatic rings. The second-order valence-electron chi connectivity index (χ2n) is 15.7. The molecule has 0 aliphatic rings. The van der Waals surface area contributed by atoms with Crippen LogP contribution in [-0.2, 0) is 25.7 Å². The number of rotatable bonds is 36. The molecule has 2 aromatic carbocycles. The summed E-state index contributed by atoms with van der Waals surface area (Å²) < 4.78 is 13.2. The van der Waals surface area contributed by atoms with Gasteiger partial charge in [0.1, 0.15) is 0 Å². The fourth-order valence-electron chi connectivity index (χ4n) is 7.39. The van der Waals surface area contributed by atoms with Crippen molar-refractivity contribution in [3.8, 4) is 11.5 Å². The van der Waals surface area contributed by atoms with E-state index in [1.165, 1.54) is 215 Å². The first-order valence-electron chi connectivity index (χ1n) is 22.5. The van der Waals surface area contributed by atoms with Gasteiger partial charge in [-0.3, -0.25) is 0 Å². The molecule has 0 N–H and O–H groups in total. The zero-order valence-electron chi connectivity index (χ0n) is 34.4. The zero-order valence-corrected chi connectivity index (χ0v) is 37.3. The predicted octanol–water partition coefficient (Wildman–Crippen LogP) is 15.9. The first-order valence-corrected chi connectivity index (χ1v) is 24.9. The van der Waals surface area contributed by atoms with Crippen LogP contribution in [0.2, 0.25) is 0 Å². The van der Waals surface area contributed by atoms with Gasteiger partial charge in [-0.1, -0.05) is 26.7 Å².